The normalized spacial score (nSPS) is 9.20. The van der Waals surface area contributed by atoms with Crippen LogP contribution in [0.3, 0.4) is 0 Å². The monoisotopic (exact) mass is 227 g/mol. The van der Waals surface area contributed by atoms with Crippen LogP contribution in [0.25, 0.3) is 0 Å². The molecule has 4 nitrogen and oxygen atoms in total. The molecule has 0 aromatic heterocycles. The average Bonchev–Trinajstić information content (AvgIpc) is 2.18. The second-order valence-corrected chi connectivity index (χ2v) is 3.15. The van der Waals surface area contributed by atoms with Crippen LogP contribution in [-0.4, -0.2) is 11.0 Å². The minimum absolute atomic E-state index is 0.121. The molecular weight excluding hydrogens is 217 g/mol. The molecule has 0 atom stereocenters. The van der Waals surface area contributed by atoms with Gasteiger partial charge in [0, 0.05) is 6.92 Å². The van der Waals surface area contributed by atoms with E-state index in [0.717, 1.165) is 0 Å². The van der Waals surface area contributed by atoms with Gasteiger partial charge in [0.25, 0.3) is 0 Å². The van der Waals surface area contributed by atoms with E-state index in [9.17, 15) is 9.18 Å². The summed E-state index contributed by atoms with van der Waals surface area (Å²) < 4.78 is 13.1. The number of nitrogens with one attached hydrogen (secondary N) is 3. The summed E-state index contributed by atoms with van der Waals surface area (Å²) >= 11 is 4.81. The van der Waals surface area contributed by atoms with Gasteiger partial charge in [-0.15, -0.1) is 0 Å². The maximum absolute atomic E-state index is 13.1. The molecule has 1 aromatic carbocycles. The van der Waals surface area contributed by atoms with Crippen molar-refractivity contribution in [2.75, 3.05) is 5.32 Å². The van der Waals surface area contributed by atoms with Crippen molar-refractivity contribution in [1.82, 2.24) is 10.9 Å². The fourth-order valence-corrected chi connectivity index (χ4v) is 1.02. The molecule has 0 fully saturated rings. The van der Waals surface area contributed by atoms with Crippen molar-refractivity contribution in [3.8, 4) is 0 Å². The van der Waals surface area contributed by atoms with Gasteiger partial charge in [-0.1, -0.05) is 12.1 Å². The molecule has 15 heavy (non-hydrogen) atoms. The zero-order chi connectivity index (χ0) is 11.3. The Kier molecular flexibility index (Phi) is 3.99. The highest BCUT2D eigenvalue weighted by atomic mass is 32.1. The van der Waals surface area contributed by atoms with Crippen LogP contribution in [0.15, 0.2) is 24.3 Å². The highest BCUT2D eigenvalue weighted by Gasteiger charge is 2.02. The van der Waals surface area contributed by atoms with E-state index in [1.54, 1.807) is 12.1 Å². The molecule has 0 unspecified atom stereocenters. The van der Waals surface area contributed by atoms with Crippen LogP contribution in [0.2, 0.25) is 0 Å². The first-order valence-electron chi connectivity index (χ1n) is 4.17. The van der Waals surface area contributed by atoms with E-state index >= 15 is 0 Å². The average molecular weight is 227 g/mol. The van der Waals surface area contributed by atoms with E-state index in [1.807, 2.05) is 0 Å². The van der Waals surface area contributed by atoms with E-state index in [0.29, 0.717) is 0 Å². The van der Waals surface area contributed by atoms with Gasteiger partial charge in [-0.2, -0.15) is 0 Å². The molecule has 1 rings (SSSR count). The molecule has 0 aliphatic rings. The number of thiocarbonyl (C=S) groups is 1. The Bertz CT molecular complexity index is 383. The quantitative estimate of drug-likeness (QED) is 0.498. The third-order valence-electron chi connectivity index (χ3n) is 1.47. The van der Waals surface area contributed by atoms with Gasteiger partial charge in [-0.25, -0.2) is 4.39 Å². The van der Waals surface area contributed by atoms with E-state index in [4.69, 9.17) is 12.2 Å². The second-order valence-electron chi connectivity index (χ2n) is 2.74. The topological polar surface area (TPSA) is 53.2 Å². The second kappa shape index (κ2) is 5.26. The van der Waals surface area contributed by atoms with E-state index in [2.05, 4.69) is 16.2 Å². The maximum atomic E-state index is 13.1. The largest absolute Gasteiger partial charge is 0.329 e. The number of halogens is 1. The van der Waals surface area contributed by atoms with Gasteiger partial charge in [0.2, 0.25) is 5.91 Å². The number of hydrazine groups is 1. The number of rotatable bonds is 1. The van der Waals surface area contributed by atoms with Crippen molar-refractivity contribution in [3.63, 3.8) is 0 Å². The van der Waals surface area contributed by atoms with Gasteiger partial charge in [0.05, 0.1) is 5.69 Å². The van der Waals surface area contributed by atoms with Crippen LogP contribution in [0.1, 0.15) is 6.92 Å². The van der Waals surface area contributed by atoms with Crippen LogP contribution >= 0.6 is 12.2 Å². The molecule has 6 heteroatoms. The summed E-state index contributed by atoms with van der Waals surface area (Å²) in [6, 6.07) is 6.09. The third kappa shape index (κ3) is 3.90. The Morgan fingerprint density at radius 3 is 2.60 bits per heavy atom. The molecule has 1 aromatic rings. The highest BCUT2D eigenvalue weighted by Crippen LogP contribution is 2.11. The van der Waals surface area contributed by atoms with Gasteiger partial charge in [0.1, 0.15) is 5.82 Å². The first kappa shape index (κ1) is 11.4. The molecule has 80 valence electrons. The lowest BCUT2D eigenvalue weighted by atomic mass is 10.3. The molecule has 3 N–H and O–H groups in total. The minimum Gasteiger partial charge on any atom is -0.329 e. The SMILES string of the molecule is CC(=O)NNC(=S)Nc1ccccc1F. The molecule has 0 spiro atoms. The number of hydrogen-bond donors (Lipinski definition) is 3. The summed E-state index contributed by atoms with van der Waals surface area (Å²) in [4.78, 5) is 10.5. The summed E-state index contributed by atoms with van der Waals surface area (Å²) in [5.74, 6) is -0.697. The fourth-order valence-electron chi connectivity index (χ4n) is 0.861. The third-order valence-corrected chi connectivity index (χ3v) is 1.68. The van der Waals surface area contributed by atoms with E-state index in [1.165, 1.54) is 19.1 Å². The van der Waals surface area contributed by atoms with Crippen molar-refractivity contribution in [2.45, 2.75) is 6.92 Å². The lowest BCUT2D eigenvalue weighted by Crippen LogP contribution is -2.42. The number of amides is 1. The van der Waals surface area contributed by atoms with Gasteiger partial charge in [-0.05, 0) is 24.4 Å². The van der Waals surface area contributed by atoms with Gasteiger partial charge in [-0.3, -0.25) is 15.6 Å². The molecule has 0 aliphatic heterocycles. The Hall–Kier alpha value is -1.69. The van der Waals surface area contributed by atoms with Crippen molar-refractivity contribution in [1.29, 1.82) is 0 Å². The van der Waals surface area contributed by atoms with Gasteiger partial charge in [0.15, 0.2) is 5.11 Å². The highest BCUT2D eigenvalue weighted by molar-refractivity contribution is 7.80. The number of hydrogen-bond acceptors (Lipinski definition) is 2. The lowest BCUT2D eigenvalue weighted by Gasteiger charge is -2.10. The maximum Gasteiger partial charge on any atom is 0.235 e. The molecule has 0 radical (unpaired) electrons. The predicted octanol–water partition coefficient (Wildman–Crippen LogP) is 1.16. The fraction of sp³-hybridized carbons (Fsp3) is 0.111. The molecule has 0 bridgehead atoms. The number of carbonyl (C=O) groups is 1. The van der Waals surface area contributed by atoms with Gasteiger partial charge >= 0.3 is 0 Å². The molecule has 0 saturated heterocycles. The van der Waals surface area contributed by atoms with Gasteiger partial charge < -0.3 is 5.32 Å². The number of benzene rings is 1. The van der Waals surface area contributed by atoms with Crippen molar-refractivity contribution < 1.29 is 9.18 Å². The summed E-state index contributed by atoms with van der Waals surface area (Å²) in [7, 11) is 0. The Balaban J connectivity index is 2.52. The van der Waals surface area contributed by atoms with Crippen molar-refractivity contribution >= 4 is 28.9 Å². The van der Waals surface area contributed by atoms with E-state index < -0.39 is 5.82 Å². The molecule has 0 aliphatic carbocycles. The summed E-state index contributed by atoms with van der Waals surface area (Å²) in [5.41, 5.74) is 4.93. The van der Waals surface area contributed by atoms with E-state index in [-0.39, 0.29) is 16.7 Å². The minimum atomic E-state index is -0.413. The Labute approximate surface area is 91.8 Å². The summed E-state index contributed by atoms with van der Waals surface area (Å²) in [6.45, 7) is 1.33. The zero-order valence-electron chi connectivity index (χ0n) is 8.00. The van der Waals surface area contributed by atoms with Crippen LogP contribution in [0.4, 0.5) is 10.1 Å². The lowest BCUT2D eigenvalue weighted by molar-refractivity contribution is -0.119. The van der Waals surface area contributed by atoms with Crippen LogP contribution in [0, 0.1) is 5.82 Å². The van der Waals surface area contributed by atoms with Crippen LogP contribution in [0.5, 0.6) is 0 Å². The number of carbonyl (C=O) groups excluding carboxylic acids is 1. The Morgan fingerprint density at radius 1 is 1.33 bits per heavy atom. The predicted molar refractivity (Wildman–Crippen MR) is 59.6 cm³/mol. The molecular formula is C9H10FN3OS. The van der Waals surface area contributed by atoms with Crippen LogP contribution < -0.4 is 16.2 Å². The number of anilines is 1. The van der Waals surface area contributed by atoms with Crippen molar-refractivity contribution in [2.24, 2.45) is 0 Å². The zero-order valence-corrected chi connectivity index (χ0v) is 8.82. The first-order chi connectivity index (χ1) is 7.09. The van der Waals surface area contributed by atoms with Crippen molar-refractivity contribution in [3.05, 3.63) is 30.1 Å². The smallest absolute Gasteiger partial charge is 0.235 e. The standard InChI is InChI=1S/C9H10FN3OS/c1-6(14)12-13-9(15)11-8-5-3-2-4-7(8)10/h2-5H,1H3,(H,12,14)(H2,11,13,15). The summed E-state index contributed by atoms with van der Waals surface area (Å²) in [6.07, 6.45) is 0. The summed E-state index contributed by atoms with van der Waals surface area (Å²) in [5, 5.41) is 2.72. The number of para-hydroxylation sites is 1. The van der Waals surface area contributed by atoms with Crippen LogP contribution in [-0.2, 0) is 4.79 Å². The molecule has 1 amide bonds. The Morgan fingerprint density at radius 2 is 2.00 bits per heavy atom. The molecule has 0 heterocycles. The molecule has 0 saturated carbocycles. The first-order valence-corrected chi connectivity index (χ1v) is 4.58.